The molecule has 2 aromatic rings. The van der Waals surface area contributed by atoms with E-state index in [4.69, 9.17) is 16.3 Å². The first-order valence-corrected chi connectivity index (χ1v) is 15.7. The van der Waals surface area contributed by atoms with Gasteiger partial charge in [-0.25, -0.2) is 0 Å². The number of carbonyl (C=O) groups excluding carboxylic acids is 5. The highest BCUT2D eigenvalue weighted by Gasteiger charge is 2.39. The zero-order valence-corrected chi connectivity index (χ0v) is 26.9. The van der Waals surface area contributed by atoms with Crippen LogP contribution in [0, 0.1) is 12.8 Å². The van der Waals surface area contributed by atoms with E-state index in [1.807, 2.05) is 51.1 Å². The quantitative estimate of drug-likeness (QED) is 0.444. The van der Waals surface area contributed by atoms with Gasteiger partial charge in [0.05, 0.1) is 12.6 Å². The standard InChI is InChI=1S/C33H42ClN5O6/c1-20(2)30-32(43)36-25(16-23-9-6-5-7-10-23)17-38(29(41)19-45-27-13-12-24(34)15-21(27)3)18-28(40)35-22(4)33(44)39-14-8-11-26(39)31(42)37-30/h5-7,9-10,12-13,15,20,22,25-26,30H,8,11,14,16-19H2,1-4H3,(H,35,40)(H,36,43)(H,37,42)/t22-,25-,26+,30-/m0/s1. The van der Waals surface area contributed by atoms with E-state index in [9.17, 15) is 24.0 Å². The summed E-state index contributed by atoms with van der Waals surface area (Å²) in [7, 11) is 0. The van der Waals surface area contributed by atoms with Crippen LogP contribution in [0.4, 0.5) is 0 Å². The van der Waals surface area contributed by atoms with Crippen molar-refractivity contribution in [3.05, 3.63) is 64.7 Å². The van der Waals surface area contributed by atoms with Crippen LogP contribution in [0.5, 0.6) is 5.75 Å². The fourth-order valence-corrected chi connectivity index (χ4v) is 5.96. The Balaban J connectivity index is 1.65. The van der Waals surface area contributed by atoms with Crippen LogP contribution in [0.3, 0.4) is 0 Å². The van der Waals surface area contributed by atoms with Crippen LogP contribution < -0.4 is 20.7 Å². The number of carbonyl (C=O) groups is 5. The number of rotatable bonds is 6. The average molecular weight is 640 g/mol. The van der Waals surface area contributed by atoms with E-state index in [0.29, 0.717) is 36.6 Å². The molecule has 0 aromatic heterocycles. The first-order valence-electron chi connectivity index (χ1n) is 15.3. The molecule has 2 saturated heterocycles. The Morgan fingerprint density at radius 3 is 2.44 bits per heavy atom. The van der Waals surface area contributed by atoms with E-state index in [2.05, 4.69) is 16.0 Å². The van der Waals surface area contributed by atoms with Gasteiger partial charge in [-0.2, -0.15) is 0 Å². The lowest BCUT2D eigenvalue weighted by atomic mass is 10.0. The maximum Gasteiger partial charge on any atom is 0.261 e. The van der Waals surface area contributed by atoms with E-state index >= 15 is 0 Å². The molecule has 2 aliphatic heterocycles. The van der Waals surface area contributed by atoms with E-state index < -0.39 is 53.7 Å². The topological polar surface area (TPSA) is 137 Å². The molecule has 0 spiro atoms. The van der Waals surface area contributed by atoms with Gasteiger partial charge < -0.3 is 30.5 Å². The summed E-state index contributed by atoms with van der Waals surface area (Å²) in [5.41, 5.74) is 1.66. The summed E-state index contributed by atoms with van der Waals surface area (Å²) in [4.78, 5) is 70.2. The molecule has 4 rings (SSSR count). The number of nitrogens with one attached hydrogen (secondary N) is 3. The molecule has 2 fully saturated rings. The summed E-state index contributed by atoms with van der Waals surface area (Å²) in [6.07, 6.45) is 1.44. The molecule has 0 bridgehead atoms. The number of benzene rings is 2. The molecule has 2 aliphatic rings. The van der Waals surface area contributed by atoms with Gasteiger partial charge in [0.1, 0.15) is 23.9 Å². The summed E-state index contributed by atoms with van der Waals surface area (Å²) in [5, 5.41) is 9.15. The van der Waals surface area contributed by atoms with Gasteiger partial charge in [-0.05, 0) is 68.4 Å². The molecule has 11 nitrogen and oxygen atoms in total. The third-order valence-electron chi connectivity index (χ3n) is 8.12. The molecule has 4 atom stereocenters. The third kappa shape index (κ3) is 8.97. The molecule has 0 radical (unpaired) electrons. The number of aryl methyl sites for hydroxylation is 1. The van der Waals surface area contributed by atoms with Gasteiger partial charge in [0, 0.05) is 18.1 Å². The summed E-state index contributed by atoms with van der Waals surface area (Å²) in [6.45, 7) is 6.64. The Morgan fingerprint density at radius 1 is 1.02 bits per heavy atom. The molecule has 0 unspecified atom stereocenters. The first kappa shape index (κ1) is 33.8. The lowest BCUT2D eigenvalue weighted by Gasteiger charge is -2.31. The van der Waals surface area contributed by atoms with Crippen LogP contribution in [0.25, 0.3) is 0 Å². The molecule has 0 aliphatic carbocycles. The Labute approximate surface area is 269 Å². The predicted octanol–water partition coefficient (Wildman–Crippen LogP) is 2.23. The Morgan fingerprint density at radius 2 is 1.76 bits per heavy atom. The van der Waals surface area contributed by atoms with Crippen LogP contribution >= 0.6 is 11.6 Å². The van der Waals surface area contributed by atoms with Gasteiger partial charge in [0.15, 0.2) is 6.61 Å². The minimum atomic E-state index is -0.929. The number of ether oxygens (including phenoxy) is 1. The molecule has 3 N–H and O–H groups in total. The molecule has 12 heteroatoms. The minimum absolute atomic E-state index is 0.0221. The van der Waals surface area contributed by atoms with Crippen LogP contribution in [-0.2, 0) is 30.4 Å². The van der Waals surface area contributed by atoms with Crippen LogP contribution in [-0.4, -0.2) is 89.7 Å². The van der Waals surface area contributed by atoms with E-state index in [-0.39, 0.29) is 25.6 Å². The summed E-state index contributed by atoms with van der Waals surface area (Å²) in [5.74, 6) is -2.04. The van der Waals surface area contributed by atoms with Gasteiger partial charge in [-0.15, -0.1) is 0 Å². The second-order valence-corrected chi connectivity index (χ2v) is 12.5. The number of halogens is 1. The number of hydrogen-bond acceptors (Lipinski definition) is 6. The van der Waals surface area contributed by atoms with Gasteiger partial charge in [-0.1, -0.05) is 55.8 Å². The van der Waals surface area contributed by atoms with Crippen molar-refractivity contribution in [3.8, 4) is 5.75 Å². The van der Waals surface area contributed by atoms with Gasteiger partial charge in [-0.3, -0.25) is 24.0 Å². The monoisotopic (exact) mass is 639 g/mol. The minimum Gasteiger partial charge on any atom is -0.483 e. The van der Waals surface area contributed by atoms with Crippen molar-refractivity contribution in [1.29, 1.82) is 0 Å². The van der Waals surface area contributed by atoms with Crippen LogP contribution in [0.15, 0.2) is 48.5 Å². The molecule has 45 heavy (non-hydrogen) atoms. The van der Waals surface area contributed by atoms with Gasteiger partial charge in [0.2, 0.25) is 23.6 Å². The van der Waals surface area contributed by atoms with E-state index in [1.54, 1.807) is 25.1 Å². The van der Waals surface area contributed by atoms with Crippen molar-refractivity contribution >= 4 is 41.1 Å². The number of fused-ring (bicyclic) bond motifs is 1. The van der Waals surface area contributed by atoms with Crippen molar-refractivity contribution < 1.29 is 28.7 Å². The molecule has 242 valence electrons. The van der Waals surface area contributed by atoms with Crippen molar-refractivity contribution in [2.75, 3.05) is 26.2 Å². The smallest absolute Gasteiger partial charge is 0.261 e. The van der Waals surface area contributed by atoms with Crippen molar-refractivity contribution in [2.45, 2.75) is 71.1 Å². The maximum atomic E-state index is 13.7. The van der Waals surface area contributed by atoms with Crippen molar-refractivity contribution in [2.24, 2.45) is 5.92 Å². The normalized spacial score (nSPS) is 23.4. The summed E-state index contributed by atoms with van der Waals surface area (Å²) < 4.78 is 5.81. The lowest BCUT2D eigenvalue weighted by molar-refractivity contribution is -0.142. The summed E-state index contributed by atoms with van der Waals surface area (Å²) in [6, 6.07) is 11.3. The van der Waals surface area contributed by atoms with Crippen LogP contribution in [0.1, 0.15) is 44.7 Å². The van der Waals surface area contributed by atoms with E-state index in [1.165, 1.54) is 9.80 Å². The van der Waals surface area contributed by atoms with Gasteiger partial charge in [0.25, 0.3) is 5.91 Å². The molecule has 2 aromatic carbocycles. The van der Waals surface area contributed by atoms with Crippen LogP contribution in [0.2, 0.25) is 5.02 Å². The number of nitrogens with zero attached hydrogens (tertiary/aromatic N) is 2. The molecule has 5 amide bonds. The lowest BCUT2D eigenvalue weighted by Crippen LogP contribution is -2.58. The van der Waals surface area contributed by atoms with Crippen molar-refractivity contribution in [1.82, 2.24) is 25.8 Å². The highest BCUT2D eigenvalue weighted by molar-refractivity contribution is 6.30. The second kappa shape index (κ2) is 15.2. The SMILES string of the molecule is Cc1cc(Cl)ccc1OCC(=O)N1CC(=O)N[C@@H](C)C(=O)N2CCC[C@@H]2C(=O)N[C@@H](C(C)C)C(=O)N[C@@H](Cc2ccccc2)C1. The molecular weight excluding hydrogens is 598 g/mol. The zero-order valence-electron chi connectivity index (χ0n) is 26.2. The fraction of sp³-hybridized carbons (Fsp3) is 0.485. The Kier molecular flexibility index (Phi) is 11.4. The molecular formula is C33H42ClN5O6. The second-order valence-electron chi connectivity index (χ2n) is 12.1. The summed E-state index contributed by atoms with van der Waals surface area (Å²) >= 11 is 6.06. The average Bonchev–Trinajstić information content (AvgIpc) is 3.48. The third-order valence-corrected chi connectivity index (χ3v) is 8.36. The molecule has 0 saturated carbocycles. The van der Waals surface area contributed by atoms with Crippen molar-refractivity contribution in [3.63, 3.8) is 0 Å². The highest BCUT2D eigenvalue weighted by Crippen LogP contribution is 2.22. The highest BCUT2D eigenvalue weighted by atomic mass is 35.5. The predicted molar refractivity (Wildman–Crippen MR) is 169 cm³/mol. The maximum absolute atomic E-state index is 13.7. The zero-order chi connectivity index (χ0) is 32.7. The van der Waals surface area contributed by atoms with E-state index in [0.717, 1.165) is 11.1 Å². The largest absolute Gasteiger partial charge is 0.483 e. The Bertz CT molecular complexity index is 1400. The Hall–Kier alpha value is -4.12. The fourth-order valence-electron chi connectivity index (χ4n) is 5.74. The van der Waals surface area contributed by atoms with Gasteiger partial charge >= 0.3 is 0 Å². The number of hydrogen-bond donors (Lipinski definition) is 3. The number of amides is 5. The molecule has 2 heterocycles. The first-order chi connectivity index (χ1) is 21.4.